The number of urea groups is 1. The van der Waals surface area contributed by atoms with Crippen molar-refractivity contribution in [1.82, 2.24) is 20.9 Å². The number of anilines is 1. The molecule has 2 aromatic carbocycles. The summed E-state index contributed by atoms with van der Waals surface area (Å²) >= 11 is 6.10. The van der Waals surface area contributed by atoms with Crippen molar-refractivity contribution in [3.8, 4) is 0 Å². The first-order chi connectivity index (χ1) is 20.1. The van der Waals surface area contributed by atoms with E-state index in [4.69, 9.17) is 11.6 Å². The van der Waals surface area contributed by atoms with Gasteiger partial charge in [-0.05, 0) is 66.1 Å². The molecule has 4 N–H and O–H groups in total. The summed E-state index contributed by atoms with van der Waals surface area (Å²) < 4.78 is 0. The highest BCUT2D eigenvalue weighted by Gasteiger charge is 2.53. The van der Waals surface area contributed by atoms with E-state index in [1.807, 2.05) is 18.2 Å². The lowest BCUT2D eigenvalue weighted by atomic mass is 9.83. The Morgan fingerprint density at radius 3 is 2.43 bits per heavy atom. The highest BCUT2D eigenvalue weighted by Crippen LogP contribution is 2.38. The van der Waals surface area contributed by atoms with Gasteiger partial charge in [-0.15, -0.1) is 0 Å². The van der Waals surface area contributed by atoms with Gasteiger partial charge >= 0.3 is 6.03 Å². The van der Waals surface area contributed by atoms with E-state index in [9.17, 15) is 19.2 Å². The number of likely N-dealkylation sites (N-methyl/N-ethyl adjacent to an activating group) is 1. The van der Waals surface area contributed by atoms with Crippen LogP contribution in [0.2, 0.25) is 5.02 Å². The molecule has 2 fully saturated rings. The molecule has 2 aromatic rings. The first-order valence-corrected chi connectivity index (χ1v) is 15.3. The van der Waals surface area contributed by atoms with E-state index in [1.165, 1.54) is 0 Å². The van der Waals surface area contributed by atoms with E-state index in [1.54, 1.807) is 36.2 Å². The van der Waals surface area contributed by atoms with Gasteiger partial charge in [0.05, 0.1) is 6.04 Å². The Morgan fingerprint density at radius 2 is 1.76 bits per heavy atom. The smallest absolute Gasteiger partial charge is 0.318 e. The number of carbonyl (C=O) groups excluding carboxylic acids is 4. The normalized spacial score (nSPS) is 22.8. The second-order valence-corrected chi connectivity index (χ2v) is 12.6. The molecule has 1 saturated carbocycles. The summed E-state index contributed by atoms with van der Waals surface area (Å²) in [5.74, 6) is -0.546. The van der Waals surface area contributed by atoms with Crippen LogP contribution in [0.15, 0.2) is 42.5 Å². The van der Waals surface area contributed by atoms with Crippen molar-refractivity contribution >= 4 is 41.0 Å². The maximum atomic E-state index is 13.7. The third-order valence-corrected chi connectivity index (χ3v) is 9.36. The minimum atomic E-state index is -1.04. The molecule has 5 rings (SSSR count). The molecule has 1 heterocycles. The van der Waals surface area contributed by atoms with E-state index in [0.717, 1.165) is 43.2 Å². The number of nitrogens with zero attached hydrogens (tertiary/aromatic N) is 1. The van der Waals surface area contributed by atoms with Crippen molar-refractivity contribution in [2.24, 2.45) is 11.8 Å². The average molecular weight is 594 g/mol. The number of carbonyl (C=O) groups is 4. The van der Waals surface area contributed by atoms with Gasteiger partial charge < -0.3 is 26.2 Å². The van der Waals surface area contributed by atoms with Gasteiger partial charge in [-0.25, -0.2) is 4.79 Å². The Balaban J connectivity index is 1.35. The Morgan fingerprint density at radius 1 is 1.02 bits per heavy atom. The lowest BCUT2D eigenvalue weighted by Crippen LogP contribution is -2.60. The molecule has 0 aromatic heterocycles. The maximum absolute atomic E-state index is 13.7. The van der Waals surface area contributed by atoms with Crippen LogP contribution < -0.4 is 21.3 Å². The summed E-state index contributed by atoms with van der Waals surface area (Å²) in [6.45, 7) is 4.56. The van der Waals surface area contributed by atoms with Gasteiger partial charge in [-0.2, -0.15) is 0 Å². The zero-order chi connectivity index (χ0) is 30.0. The van der Waals surface area contributed by atoms with Crippen LogP contribution in [0.4, 0.5) is 10.5 Å². The zero-order valence-electron chi connectivity index (χ0n) is 24.5. The Labute approximate surface area is 252 Å². The second-order valence-electron chi connectivity index (χ2n) is 12.2. The van der Waals surface area contributed by atoms with Crippen molar-refractivity contribution in [2.45, 2.75) is 76.4 Å². The minimum Gasteiger partial charge on any atom is -0.357 e. The van der Waals surface area contributed by atoms with Gasteiger partial charge in [0, 0.05) is 42.7 Å². The highest BCUT2D eigenvalue weighted by atomic mass is 35.5. The molecule has 9 nitrogen and oxygen atoms in total. The Kier molecular flexibility index (Phi) is 8.78. The number of amides is 5. The predicted octanol–water partition coefficient (Wildman–Crippen LogP) is 4.29. The summed E-state index contributed by atoms with van der Waals surface area (Å²) in [7, 11) is 1.59. The van der Waals surface area contributed by atoms with Crippen LogP contribution in [0.25, 0.3) is 0 Å². The van der Waals surface area contributed by atoms with Crippen LogP contribution in [-0.4, -0.2) is 59.9 Å². The van der Waals surface area contributed by atoms with Crippen molar-refractivity contribution in [3.05, 3.63) is 64.2 Å². The number of hydrogen-bond acceptors (Lipinski definition) is 4. The standard InChI is InChI=1S/C32H40ClN5O4/c1-19(2)26-18-38(31(42)36-26)32(30(41)34-3)16-22-12-13-25(15-23(22)17-32)35-29(40)27(20-8-5-4-6-9-20)37-28(39)21-10-7-11-24(33)14-21/h7,10-15,19-20,26-27H,4-6,8-9,16-18H2,1-3H3,(H,34,41)(H,35,40)(H,36,42)(H,37,39)/t26-,27-,32?/m0/s1. The predicted molar refractivity (Wildman–Crippen MR) is 162 cm³/mol. The lowest BCUT2D eigenvalue weighted by Gasteiger charge is -2.36. The number of benzene rings is 2. The third-order valence-electron chi connectivity index (χ3n) is 9.12. The number of halogens is 1. The molecular formula is C32H40ClN5O4. The highest BCUT2D eigenvalue weighted by molar-refractivity contribution is 6.31. The Hall–Kier alpha value is -3.59. The fourth-order valence-corrected chi connectivity index (χ4v) is 6.88. The van der Waals surface area contributed by atoms with E-state index >= 15 is 0 Å². The van der Waals surface area contributed by atoms with Crippen molar-refractivity contribution < 1.29 is 19.2 Å². The quantitative estimate of drug-likeness (QED) is 0.365. The topological polar surface area (TPSA) is 120 Å². The van der Waals surface area contributed by atoms with E-state index in [2.05, 4.69) is 35.1 Å². The van der Waals surface area contributed by atoms with Gasteiger partial charge in [0.15, 0.2) is 0 Å². The van der Waals surface area contributed by atoms with Gasteiger partial charge in [0.25, 0.3) is 5.91 Å². The zero-order valence-corrected chi connectivity index (χ0v) is 25.2. The molecular weight excluding hydrogens is 554 g/mol. The number of fused-ring (bicyclic) bond motifs is 1. The summed E-state index contributed by atoms with van der Waals surface area (Å²) in [6.07, 6.45) is 5.63. The third kappa shape index (κ3) is 5.98. The van der Waals surface area contributed by atoms with Gasteiger partial charge in [-0.1, -0.05) is 56.8 Å². The first kappa shape index (κ1) is 29.9. The fraction of sp³-hybridized carbons (Fsp3) is 0.500. The second kappa shape index (κ2) is 12.3. The molecule has 1 aliphatic heterocycles. The van der Waals surface area contributed by atoms with Crippen LogP contribution in [-0.2, 0) is 22.4 Å². The molecule has 42 heavy (non-hydrogen) atoms. The van der Waals surface area contributed by atoms with E-state index in [-0.39, 0.29) is 41.6 Å². The van der Waals surface area contributed by atoms with Crippen LogP contribution in [0, 0.1) is 11.8 Å². The van der Waals surface area contributed by atoms with Crippen molar-refractivity contribution in [1.29, 1.82) is 0 Å². The average Bonchev–Trinajstić information content (AvgIpc) is 3.57. The summed E-state index contributed by atoms with van der Waals surface area (Å²) in [4.78, 5) is 54.9. The minimum absolute atomic E-state index is 0.0276. The van der Waals surface area contributed by atoms with Crippen molar-refractivity contribution in [3.63, 3.8) is 0 Å². The first-order valence-electron chi connectivity index (χ1n) is 14.9. The van der Waals surface area contributed by atoms with Gasteiger partial charge in [0.1, 0.15) is 11.6 Å². The molecule has 3 aliphatic rings. The molecule has 1 unspecified atom stereocenters. The fourth-order valence-electron chi connectivity index (χ4n) is 6.69. The molecule has 1 saturated heterocycles. The largest absolute Gasteiger partial charge is 0.357 e. The molecule has 224 valence electrons. The van der Waals surface area contributed by atoms with E-state index < -0.39 is 11.6 Å². The lowest BCUT2D eigenvalue weighted by molar-refractivity contribution is -0.130. The number of nitrogens with one attached hydrogen (secondary N) is 4. The summed E-state index contributed by atoms with van der Waals surface area (Å²) in [6, 6.07) is 11.4. The van der Waals surface area contributed by atoms with Gasteiger partial charge in [0.2, 0.25) is 11.8 Å². The number of rotatable bonds is 8. The SMILES string of the molecule is CNC(=O)C1(N2C[C@@H](C(C)C)NC2=O)Cc2ccc(NC(=O)[C@@H](NC(=O)c3cccc(Cl)c3)C3CCCCC3)cc2C1. The van der Waals surface area contributed by atoms with Crippen LogP contribution in [0.5, 0.6) is 0 Å². The van der Waals surface area contributed by atoms with Crippen molar-refractivity contribution in [2.75, 3.05) is 18.9 Å². The molecule has 10 heteroatoms. The maximum Gasteiger partial charge on any atom is 0.318 e. The molecule has 2 aliphatic carbocycles. The summed E-state index contributed by atoms with van der Waals surface area (Å²) in [5.41, 5.74) is 1.84. The molecule has 0 spiro atoms. The molecule has 3 atom stereocenters. The molecule has 5 amide bonds. The van der Waals surface area contributed by atoms with E-state index in [0.29, 0.717) is 35.7 Å². The Bertz CT molecular complexity index is 1370. The van der Waals surface area contributed by atoms with Crippen LogP contribution in [0.1, 0.15) is 67.4 Å². The monoisotopic (exact) mass is 593 g/mol. The van der Waals surface area contributed by atoms with Crippen LogP contribution >= 0.6 is 11.6 Å². The van der Waals surface area contributed by atoms with Gasteiger partial charge in [-0.3, -0.25) is 14.4 Å². The van der Waals surface area contributed by atoms with Crippen LogP contribution in [0.3, 0.4) is 0 Å². The molecule has 0 bridgehead atoms. The summed E-state index contributed by atoms with van der Waals surface area (Å²) in [5, 5.41) is 12.3. The molecule has 0 radical (unpaired) electrons. The number of hydrogen-bond donors (Lipinski definition) is 4.